The van der Waals surface area contributed by atoms with Crippen molar-refractivity contribution in [1.29, 1.82) is 0 Å². The second-order valence-electron chi connectivity index (χ2n) is 4.38. The van der Waals surface area contributed by atoms with Crippen LogP contribution in [0.15, 0.2) is 48.5 Å². The lowest BCUT2D eigenvalue weighted by atomic mass is 10.2. The first-order chi connectivity index (χ1) is 10.6. The van der Waals surface area contributed by atoms with Gasteiger partial charge in [-0.3, -0.25) is 0 Å². The Bertz CT molecular complexity index is 705. The van der Waals surface area contributed by atoms with Crippen molar-refractivity contribution in [3.8, 4) is 17.6 Å². The van der Waals surface area contributed by atoms with Gasteiger partial charge in [-0.1, -0.05) is 53.8 Å². The summed E-state index contributed by atoms with van der Waals surface area (Å²) in [6.07, 6.45) is -0.532. The van der Waals surface area contributed by atoms with E-state index < -0.39 is 6.09 Å². The minimum absolute atomic E-state index is 0.0816. The van der Waals surface area contributed by atoms with Gasteiger partial charge in [0.05, 0.1) is 11.6 Å². The molecule has 0 bridgehead atoms. The topological polar surface area (TPSA) is 58.6 Å². The molecule has 2 N–H and O–H groups in total. The molecule has 0 aromatic heterocycles. The van der Waals surface area contributed by atoms with Crippen LogP contribution in [-0.2, 0) is 11.3 Å². The Morgan fingerprint density at radius 1 is 1.23 bits per heavy atom. The number of amides is 1. The first-order valence-electron chi connectivity index (χ1n) is 6.57. The van der Waals surface area contributed by atoms with E-state index in [-0.39, 0.29) is 18.9 Å². The third kappa shape index (κ3) is 5.04. The van der Waals surface area contributed by atoms with Gasteiger partial charge in [-0.05, 0) is 23.8 Å². The summed E-state index contributed by atoms with van der Waals surface area (Å²) in [6, 6.07) is 13.9. The number of hydrogen-bond acceptors (Lipinski definition) is 3. The monoisotopic (exact) mass is 315 g/mol. The first kappa shape index (κ1) is 15.7. The smallest absolute Gasteiger partial charge is 0.408 e. The van der Waals surface area contributed by atoms with Crippen LogP contribution in [0.1, 0.15) is 11.1 Å². The molecule has 0 unspecified atom stereocenters. The summed E-state index contributed by atoms with van der Waals surface area (Å²) in [6.45, 7) is 0.356. The molecule has 0 aliphatic carbocycles. The molecule has 0 atom stereocenters. The molecule has 0 heterocycles. The number of halogens is 1. The predicted octanol–water partition coefficient (Wildman–Crippen LogP) is 3.32. The molecular weight excluding hydrogens is 302 g/mol. The van der Waals surface area contributed by atoms with Crippen LogP contribution < -0.4 is 5.32 Å². The lowest BCUT2D eigenvalue weighted by Crippen LogP contribution is -2.24. The Hall–Kier alpha value is -2.64. The highest BCUT2D eigenvalue weighted by Gasteiger charge is 2.01. The zero-order valence-electron chi connectivity index (χ0n) is 11.7. The van der Waals surface area contributed by atoms with Gasteiger partial charge in [0.1, 0.15) is 12.4 Å². The predicted molar refractivity (Wildman–Crippen MR) is 84.6 cm³/mol. The maximum Gasteiger partial charge on any atom is 0.408 e. The Balaban J connectivity index is 1.76. The SMILES string of the molecule is O=C(NCC#Cc1ccc(O)cc1Cl)OCc1ccccc1. The van der Waals surface area contributed by atoms with Crippen molar-refractivity contribution < 1.29 is 14.6 Å². The average Bonchev–Trinajstić information content (AvgIpc) is 2.52. The van der Waals surface area contributed by atoms with Gasteiger partial charge in [0.15, 0.2) is 0 Å². The molecule has 0 saturated carbocycles. The zero-order chi connectivity index (χ0) is 15.8. The highest BCUT2D eigenvalue weighted by Crippen LogP contribution is 2.20. The van der Waals surface area contributed by atoms with Gasteiger partial charge in [0, 0.05) is 5.56 Å². The van der Waals surface area contributed by atoms with E-state index in [1.807, 2.05) is 30.3 Å². The van der Waals surface area contributed by atoms with Crippen LogP contribution in [0.5, 0.6) is 5.75 Å². The Labute approximate surface area is 133 Å². The number of carbonyl (C=O) groups is 1. The van der Waals surface area contributed by atoms with Crippen LogP contribution >= 0.6 is 11.6 Å². The van der Waals surface area contributed by atoms with Gasteiger partial charge >= 0.3 is 6.09 Å². The second-order valence-corrected chi connectivity index (χ2v) is 4.79. The number of phenols is 1. The first-order valence-corrected chi connectivity index (χ1v) is 6.95. The third-order valence-electron chi connectivity index (χ3n) is 2.71. The number of alkyl carbamates (subject to hydrolysis) is 1. The molecule has 4 nitrogen and oxygen atoms in total. The molecule has 2 aromatic carbocycles. The fraction of sp³-hybridized carbons (Fsp3) is 0.118. The van der Waals surface area contributed by atoms with Gasteiger partial charge < -0.3 is 15.2 Å². The molecule has 5 heteroatoms. The van der Waals surface area contributed by atoms with E-state index in [0.717, 1.165) is 5.56 Å². The van der Waals surface area contributed by atoms with Gasteiger partial charge in [-0.2, -0.15) is 0 Å². The maximum atomic E-state index is 11.5. The Kier molecular flexibility index (Phi) is 5.70. The van der Waals surface area contributed by atoms with Crippen molar-refractivity contribution >= 4 is 17.7 Å². The zero-order valence-corrected chi connectivity index (χ0v) is 12.4. The molecule has 0 radical (unpaired) electrons. The number of rotatable bonds is 3. The Morgan fingerprint density at radius 3 is 2.73 bits per heavy atom. The van der Waals surface area contributed by atoms with Crippen molar-refractivity contribution in [3.63, 3.8) is 0 Å². The summed E-state index contributed by atoms with van der Waals surface area (Å²) in [5.41, 5.74) is 1.50. The van der Waals surface area contributed by atoms with E-state index in [2.05, 4.69) is 17.2 Å². The van der Waals surface area contributed by atoms with Gasteiger partial charge in [-0.15, -0.1) is 0 Å². The number of phenolic OH excluding ortho intramolecular Hbond substituents is 1. The minimum atomic E-state index is -0.532. The van der Waals surface area contributed by atoms with E-state index >= 15 is 0 Å². The number of carbonyl (C=O) groups excluding carboxylic acids is 1. The van der Waals surface area contributed by atoms with E-state index in [0.29, 0.717) is 10.6 Å². The molecule has 1 amide bonds. The molecular formula is C17H14ClNO3. The molecule has 112 valence electrons. The van der Waals surface area contributed by atoms with Gasteiger partial charge in [0.25, 0.3) is 0 Å². The minimum Gasteiger partial charge on any atom is -0.508 e. The summed E-state index contributed by atoms with van der Waals surface area (Å²) in [5.74, 6) is 5.65. The van der Waals surface area contributed by atoms with E-state index in [9.17, 15) is 9.90 Å². The number of ether oxygens (including phenoxy) is 1. The number of aromatic hydroxyl groups is 1. The standard InChI is InChI=1S/C17H14ClNO3/c18-16-11-15(20)9-8-14(16)7-4-10-19-17(21)22-12-13-5-2-1-3-6-13/h1-3,5-6,8-9,11,20H,10,12H2,(H,19,21). The van der Waals surface area contributed by atoms with Crippen LogP contribution in [0.3, 0.4) is 0 Å². The Morgan fingerprint density at radius 2 is 2.00 bits per heavy atom. The third-order valence-corrected chi connectivity index (χ3v) is 3.02. The number of benzene rings is 2. The molecule has 2 rings (SSSR count). The average molecular weight is 316 g/mol. The summed E-state index contributed by atoms with van der Waals surface area (Å²) in [5, 5.41) is 12.1. The molecule has 0 saturated heterocycles. The van der Waals surface area contributed by atoms with Crippen LogP contribution in [-0.4, -0.2) is 17.7 Å². The quantitative estimate of drug-likeness (QED) is 0.854. The van der Waals surface area contributed by atoms with Gasteiger partial charge in [0.2, 0.25) is 0 Å². The molecule has 0 fully saturated rings. The van der Waals surface area contributed by atoms with Crippen molar-refractivity contribution in [1.82, 2.24) is 5.32 Å². The molecule has 2 aromatic rings. The van der Waals surface area contributed by atoms with Crippen LogP contribution in [0, 0.1) is 11.8 Å². The molecule has 0 spiro atoms. The molecule has 0 aliphatic heterocycles. The maximum absolute atomic E-state index is 11.5. The van der Waals surface area contributed by atoms with Crippen LogP contribution in [0.25, 0.3) is 0 Å². The summed E-state index contributed by atoms with van der Waals surface area (Å²) in [4.78, 5) is 11.5. The number of hydrogen-bond donors (Lipinski definition) is 2. The van der Waals surface area contributed by atoms with E-state index in [4.69, 9.17) is 16.3 Å². The van der Waals surface area contributed by atoms with Crippen LogP contribution in [0.2, 0.25) is 5.02 Å². The second kappa shape index (κ2) is 7.96. The number of nitrogens with one attached hydrogen (secondary N) is 1. The van der Waals surface area contributed by atoms with Crippen molar-refractivity contribution in [2.75, 3.05) is 6.54 Å². The summed E-state index contributed by atoms with van der Waals surface area (Å²) in [7, 11) is 0. The molecule has 0 aliphatic rings. The fourth-order valence-electron chi connectivity index (χ4n) is 1.64. The normalized spacial score (nSPS) is 9.50. The van der Waals surface area contributed by atoms with Crippen molar-refractivity contribution in [2.24, 2.45) is 0 Å². The lowest BCUT2D eigenvalue weighted by molar-refractivity contribution is 0.141. The highest BCUT2D eigenvalue weighted by atomic mass is 35.5. The largest absolute Gasteiger partial charge is 0.508 e. The highest BCUT2D eigenvalue weighted by molar-refractivity contribution is 6.31. The van der Waals surface area contributed by atoms with Crippen molar-refractivity contribution in [2.45, 2.75) is 6.61 Å². The van der Waals surface area contributed by atoms with Crippen LogP contribution in [0.4, 0.5) is 4.79 Å². The van der Waals surface area contributed by atoms with E-state index in [1.54, 1.807) is 6.07 Å². The summed E-state index contributed by atoms with van der Waals surface area (Å²) >= 11 is 5.91. The van der Waals surface area contributed by atoms with Crippen molar-refractivity contribution in [3.05, 3.63) is 64.7 Å². The van der Waals surface area contributed by atoms with Gasteiger partial charge in [-0.25, -0.2) is 4.79 Å². The van der Waals surface area contributed by atoms with E-state index in [1.165, 1.54) is 12.1 Å². The fourth-order valence-corrected chi connectivity index (χ4v) is 1.86. The lowest BCUT2D eigenvalue weighted by Gasteiger charge is -2.04. The molecule has 22 heavy (non-hydrogen) atoms. The summed E-state index contributed by atoms with van der Waals surface area (Å²) < 4.78 is 5.04.